The first kappa shape index (κ1) is 24.8. The number of benzene rings is 1. The Morgan fingerprint density at radius 2 is 1.86 bits per heavy atom. The third-order valence-corrected chi connectivity index (χ3v) is 9.84. The molecule has 0 aliphatic carbocycles. The summed E-state index contributed by atoms with van der Waals surface area (Å²) in [5, 5.41) is 1.82. The first-order chi connectivity index (χ1) is 16.7. The molecule has 0 saturated carbocycles. The van der Waals surface area contributed by atoms with Crippen LogP contribution >= 0.6 is 35.0 Å². The van der Waals surface area contributed by atoms with Gasteiger partial charge >= 0.3 is 0 Å². The Morgan fingerprint density at radius 3 is 2.54 bits per heavy atom. The van der Waals surface area contributed by atoms with Gasteiger partial charge in [0.05, 0.1) is 38.6 Å². The quantitative estimate of drug-likeness (QED) is 0.384. The molecule has 2 aliphatic heterocycles. The highest BCUT2D eigenvalue weighted by atomic mass is 35.5. The maximum absolute atomic E-state index is 12.9. The fourth-order valence-electron chi connectivity index (χ4n) is 4.56. The van der Waals surface area contributed by atoms with Gasteiger partial charge in [-0.15, -0.1) is 0 Å². The number of anilines is 1. The van der Waals surface area contributed by atoms with Gasteiger partial charge in [0.2, 0.25) is 0 Å². The van der Waals surface area contributed by atoms with Gasteiger partial charge in [0.15, 0.2) is 0 Å². The second-order valence-corrected chi connectivity index (χ2v) is 13.7. The standard InChI is InChI=1S/C25H27Cl2N5OS2/c1-24(2,3)35(33)30-23-18-7-5-11-32(18)16-25(23)9-12-31(13-10-25)20-14-29-21(15-28-20)34-19-8-4-6-17(26)22(19)27/h4-8,11,14-15H,9-10,12-13,16H2,1-3H3/b30-23+. The van der Waals surface area contributed by atoms with Crippen LogP contribution in [0.25, 0.3) is 0 Å². The molecule has 1 spiro atoms. The minimum absolute atomic E-state index is 0.0967. The summed E-state index contributed by atoms with van der Waals surface area (Å²) in [5.74, 6) is 0.857. The van der Waals surface area contributed by atoms with Crippen LogP contribution < -0.4 is 4.90 Å². The van der Waals surface area contributed by atoms with Crippen LogP contribution in [0.5, 0.6) is 0 Å². The van der Waals surface area contributed by atoms with Gasteiger partial charge in [0.25, 0.3) is 0 Å². The van der Waals surface area contributed by atoms with Crippen molar-refractivity contribution in [3.8, 4) is 0 Å². The number of halogens is 2. The number of piperidine rings is 1. The highest BCUT2D eigenvalue weighted by Gasteiger charge is 2.46. The van der Waals surface area contributed by atoms with Crippen LogP contribution in [-0.4, -0.2) is 42.3 Å². The molecule has 2 aliphatic rings. The Bertz CT molecular complexity index is 1290. The van der Waals surface area contributed by atoms with E-state index < -0.39 is 11.0 Å². The minimum Gasteiger partial charge on any atom is -0.355 e. The van der Waals surface area contributed by atoms with Crippen LogP contribution in [0, 0.1) is 5.41 Å². The number of aromatic nitrogens is 3. The van der Waals surface area contributed by atoms with Crippen molar-refractivity contribution >= 4 is 57.5 Å². The first-order valence-electron chi connectivity index (χ1n) is 11.5. The van der Waals surface area contributed by atoms with Crippen molar-refractivity contribution in [1.82, 2.24) is 14.5 Å². The van der Waals surface area contributed by atoms with E-state index >= 15 is 0 Å². The van der Waals surface area contributed by atoms with Crippen LogP contribution in [0.2, 0.25) is 10.0 Å². The van der Waals surface area contributed by atoms with Gasteiger partial charge in [0, 0.05) is 36.1 Å². The smallest absolute Gasteiger partial charge is 0.147 e. The first-order valence-corrected chi connectivity index (χ1v) is 14.2. The average Bonchev–Trinajstić information content (AvgIpc) is 3.38. The lowest BCUT2D eigenvalue weighted by atomic mass is 9.75. The number of hydrogen-bond acceptors (Lipinski definition) is 5. The molecule has 6 nitrogen and oxygen atoms in total. The lowest BCUT2D eigenvalue weighted by Crippen LogP contribution is -2.44. The van der Waals surface area contributed by atoms with E-state index in [9.17, 15) is 4.21 Å². The normalized spacial score (nSPS) is 19.3. The molecule has 10 heteroatoms. The molecule has 1 aromatic carbocycles. The highest BCUT2D eigenvalue weighted by Crippen LogP contribution is 2.43. The molecular formula is C25H27Cl2N5OS2. The van der Waals surface area contributed by atoms with Crippen molar-refractivity contribution in [2.75, 3.05) is 18.0 Å². The van der Waals surface area contributed by atoms with E-state index in [0.29, 0.717) is 10.0 Å². The lowest BCUT2D eigenvalue weighted by molar-refractivity contribution is 0.298. The Kier molecular flexibility index (Phi) is 6.76. The maximum Gasteiger partial charge on any atom is 0.147 e. The Balaban J connectivity index is 1.31. The molecule has 1 saturated heterocycles. The van der Waals surface area contributed by atoms with E-state index in [4.69, 9.17) is 27.6 Å². The molecule has 35 heavy (non-hydrogen) atoms. The zero-order valence-electron chi connectivity index (χ0n) is 19.9. The summed E-state index contributed by atoms with van der Waals surface area (Å²) in [6.45, 7) is 8.47. The summed E-state index contributed by atoms with van der Waals surface area (Å²) in [6.07, 6.45) is 7.54. The van der Waals surface area contributed by atoms with Gasteiger partial charge in [-0.25, -0.2) is 14.2 Å². The lowest BCUT2D eigenvalue weighted by Gasteiger charge is -2.39. The van der Waals surface area contributed by atoms with Gasteiger partial charge in [-0.1, -0.05) is 41.0 Å². The third kappa shape index (κ3) is 4.90. The summed E-state index contributed by atoms with van der Waals surface area (Å²) in [7, 11) is -1.30. The fourth-order valence-corrected chi connectivity index (χ4v) is 6.54. The minimum atomic E-state index is -1.30. The predicted octanol–water partition coefficient (Wildman–Crippen LogP) is 6.29. The van der Waals surface area contributed by atoms with Crippen molar-refractivity contribution in [3.63, 3.8) is 0 Å². The number of rotatable bonds is 4. The van der Waals surface area contributed by atoms with E-state index in [1.165, 1.54) is 11.8 Å². The SMILES string of the molecule is CC(C)(C)S(=O)/N=C1\c2cccn2CC12CCN(c1cnc(Sc3cccc(Cl)c3Cl)cn1)CC2. The molecule has 1 unspecified atom stereocenters. The molecule has 0 bridgehead atoms. The molecule has 5 rings (SSSR count). The molecule has 1 atom stereocenters. The Morgan fingerprint density at radius 1 is 1.09 bits per heavy atom. The zero-order chi connectivity index (χ0) is 24.8. The molecule has 0 amide bonds. The third-order valence-electron chi connectivity index (χ3n) is 6.54. The molecule has 1 fully saturated rings. The van der Waals surface area contributed by atoms with Crippen LogP contribution in [0.1, 0.15) is 39.3 Å². The van der Waals surface area contributed by atoms with Gasteiger partial charge in [0.1, 0.15) is 21.8 Å². The Hall–Kier alpha value is -1.87. The summed E-state index contributed by atoms with van der Waals surface area (Å²) in [4.78, 5) is 12.4. The van der Waals surface area contributed by atoms with Crippen molar-refractivity contribution in [3.05, 3.63) is 64.7 Å². The fraction of sp³-hybridized carbons (Fsp3) is 0.400. The van der Waals surface area contributed by atoms with Gasteiger partial charge in [-0.2, -0.15) is 4.40 Å². The highest BCUT2D eigenvalue weighted by molar-refractivity contribution is 7.99. The summed E-state index contributed by atoms with van der Waals surface area (Å²) < 4.78 is 19.6. The van der Waals surface area contributed by atoms with Crippen LogP contribution in [-0.2, 0) is 17.5 Å². The molecule has 4 heterocycles. The van der Waals surface area contributed by atoms with Crippen LogP contribution in [0.3, 0.4) is 0 Å². The number of nitrogens with zero attached hydrogens (tertiary/aromatic N) is 5. The van der Waals surface area contributed by atoms with Crippen LogP contribution in [0.4, 0.5) is 5.82 Å². The second kappa shape index (κ2) is 9.54. The summed E-state index contributed by atoms with van der Waals surface area (Å²) in [6, 6.07) is 9.69. The topological polar surface area (TPSA) is 63.4 Å². The molecule has 3 aromatic rings. The number of fused-ring (bicyclic) bond motifs is 1. The van der Waals surface area contributed by atoms with Gasteiger partial charge in [-0.05, 0) is 57.9 Å². The maximum atomic E-state index is 12.9. The molecular weight excluding hydrogens is 521 g/mol. The monoisotopic (exact) mass is 547 g/mol. The molecule has 0 radical (unpaired) electrons. The van der Waals surface area contributed by atoms with E-state index in [2.05, 4.69) is 31.7 Å². The summed E-state index contributed by atoms with van der Waals surface area (Å²) >= 11 is 13.9. The van der Waals surface area contributed by atoms with E-state index in [1.807, 2.05) is 45.2 Å². The largest absolute Gasteiger partial charge is 0.355 e. The van der Waals surface area contributed by atoms with E-state index in [-0.39, 0.29) is 10.2 Å². The van der Waals surface area contributed by atoms with Gasteiger partial charge in [-0.3, -0.25) is 0 Å². The van der Waals surface area contributed by atoms with Crippen molar-refractivity contribution < 1.29 is 4.21 Å². The Labute approximate surface area is 222 Å². The molecule has 0 N–H and O–H groups in total. The average molecular weight is 549 g/mol. The predicted molar refractivity (Wildman–Crippen MR) is 145 cm³/mol. The van der Waals surface area contributed by atoms with Crippen molar-refractivity contribution in [2.45, 2.75) is 54.8 Å². The van der Waals surface area contributed by atoms with Crippen molar-refractivity contribution in [2.24, 2.45) is 9.81 Å². The van der Waals surface area contributed by atoms with Crippen LogP contribution in [0.15, 0.2) is 63.2 Å². The van der Waals surface area contributed by atoms with Crippen molar-refractivity contribution in [1.29, 1.82) is 0 Å². The molecule has 184 valence electrons. The summed E-state index contributed by atoms with van der Waals surface area (Å²) in [5.41, 5.74) is 1.99. The van der Waals surface area contributed by atoms with Gasteiger partial charge < -0.3 is 9.47 Å². The van der Waals surface area contributed by atoms with E-state index in [1.54, 1.807) is 12.3 Å². The second-order valence-electron chi connectivity index (χ2n) is 9.96. The molecule has 2 aromatic heterocycles. The van der Waals surface area contributed by atoms with E-state index in [0.717, 1.165) is 59.6 Å². The number of hydrogen-bond donors (Lipinski definition) is 0. The zero-order valence-corrected chi connectivity index (χ0v) is 23.0.